The Hall–Kier alpha value is -1.72. The molecule has 5 nitrogen and oxygen atoms in total. The molecule has 0 saturated carbocycles. The predicted molar refractivity (Wildman–Crippen MR) is 87.7 cm³/mol. The second kappa shape index (κ2) is 8.06. The van der Waals surface area contributed by atoms with Crippen molar-refractivity contribution in [1.29, 1.82) is 0 Å². The molecule has 0 amide bonds. The molecule has 1 N–H and O–H groups in total. The molecule has 22 heavy (non-hydrogen) atoms. The summed E-state index contributed by atoms with van der Waals surface area (Å²) >= 11 is 6.37. The van der Waals surface area contributed by atoms with Crippen LogP contribution in [-0.2, 0) is 13.1 Å². The molecule has 0 spiro atoms. The summed E-state index contributed by atoms with van der Waals surface area (Å²) in [5, 5.41) is 4.02. The Morgan fingerprint density at radius 3 is 2.77 bits per heavy atom. The van der Waals surface area contributed by atoms with Crippen molar-refractivity contribution in [3.8, 4) is 11.5 Å². The van der Waals surface area contributed by atoms with E-state index in [1.165, 1.54) is 0 Å². The van der Waals surface area contributed by atoms with Gasteiger partial charge in [-0.2, -0.15) is 0 Å². The zero-order valence-corrected chi connectivity index (χ0v) is 13.9. The van der Waals surface area contributed by atoms with E-state index in [1.54, 1.807) is 20.4 Å². The maximum Gasteiger partial charge on any atom is 0.179 e. The van der Waals surface area contributed by atoms with Crippen LogP contribution in [0.1, 0.15) is 12.5 Å². The number of imidazole rings is 1. The Bertz CT molecular complexity index is 587. The fourth-order valence-electron chi connectivity index (χ4n) is 2.34. The van der Waals surface area contributed by atoms with Gasteiger partial charge in [-0.3, -0.25) is 0 Å². The van der Waals surface area contributed by atoms with E-state index in [2.05, 4.69) is 21.8 Å². The van der Waals surface area contributed by atoms with Crippen LogP contribution >= 0.6 is 11.6 Å². The molecule has 6 heteroatoms. The maximum absolute atomic E-state index is 6.37. The van der Waals surface area contributed by atoms with E-state index in [1.807, 2.05) is 24.7 Å². The van der Waals surface area contributed by atoms with Gasteiger partial charge >= 0.3 is 0 Å². The number of nitrogens with one attached hydrogen (secondary N) is 1. The number of ether oxygens (including phenoxy) is 2. The van der Waals surface area contributed by atoms with Gasteiger partial charge in [-0.05, 0) is 24.1 Å². The van der Waals surface area contributed by atoms with Crippen LogP contribution < -0.4 is 14.8 Å². The van der Waals surface area contributed by atoms with E-state index in [0.717, 1.165) is 18.7 Å². The van der Waals surface area contributed by atoms with E-state index in [4.69, 9.17) is 21.1 Å². The molecular formula is C16H22ClN3O2. The van der Waals surface area contributed by atoms with E-state index in [0.29, 0.717) is 29.0 Å². The number of hydrogen-bond acceptors (Lipinski definition) is 4. The summed E-state index contributed by atoms with van der Waals surface area (Å²) in [6, 6.07) is 3.83. The third-order valence-corrected chi connectivity index (χ3v) is 3.87. The van der Waals surface area contributed by atoms with Crippen LogP contribution in [-0.4, -0.2) is 30.3 Å². The number of benzene rings is 1. The Morgan fingerprint density at radius 1 is 1.32 bits per heavy atom. The van der Waals surface area contributed by atoms with Crippen molar-refractivity contribution in [3.05, 3.63) is 41.4 Å². The first kappa shape index (κ1) is 16.6. The third-order valence-electron chi connectivity index (χ3n) is 3.45. The fraction of sp³-hybridized carbons (Fsp3) is 0.438. The highest BCUT2D eigenvalue weighted by molar-refractivity contribution is 6.33. The fourth-order valence-corrected chi connectivity index (χ4v) is 2.64. The highest BCUT2D eigenvalue weighted by Crippen LogP contribution is 2.37. The number of halogens is 1. The molecule has 120 valence electrons. The van der Waals surface area contributed by atoms with E-state index < -0.39 is 0 Å². The average molecular weight is 324 g/mol. The molecule has 1 aromatic heterocycles. The summed E-state index contributed by atoms with van der Waals surface area (Å²) in [7, 11) is 3.19. The van der Waals surface area contributed by atoms with Gasteiger partial charge in [0.1, 0.15) is 0 Å². The normalized spacial score (nSPS) is 12.2. The molecule has 2 aromatic rings. The van der Waals surface area contributed by atoms with Gasteiger partial charge in [0.2, 0.25) is 0 Å². The largest absolute Gasteiger partial charge is 0.493 e. The standard InChI is InChI=1S/C16H22ClN3O2/c1-12(10-20-7-6-18-11-20)8-19-9-13-4-5-14(21-2)16(22-3)15(13)17/h4-7,11-12,19H,8-10H2,1-3H3. The van der Waals surface area contributed by atoms with Gasteiger partial charge in [-0.25, -0.2) is 4.98 Å². The van der Waals surface area contributed by atoms with Crippen LogP contribution in [0.15, 0.2) is 30.9 Å². The van der Waals surface area contributed by atoms with Crippen molar-refractivity contribution in [1.82, 2.24) is 14.9 Å². The van der Waals surface area contributed by atoms with Crippen LogP contribution in [0.5, 0.6) is 11.5 Å². The molecule has 0 saturated heterocycles. The lowest BCUT2D eigenvalue weighted by atomic mass is 10.1. The number of rotatable bonds is 8. The summed E-state index contributed by atoms with van der Waals surface area (Å²) in [5.74, 6) is 1.72. The quantitative estimate of drug-likeness (QED) is 0.811. The van der Waals surface area contributed by atoms with Crippen molar-refractivity contribution < 1.29 is 9.47 Å². The molecule has 2 rings (SSSR count). The number of nitrogens with zero attached hydrogens (tertiary/aromatic N) is 2. The highest BCUT2D eigenvalue weighted by atomic mass is 35.5. The molecule has 0 fully saturated rings. The minimum absolute atomic E-state index is 0.494. The molecule has 1 heterocycles. The Labute approximate surface area is 136 Å². The molecule has 1 aromatic carbocycles. The zero-order valence-electron chi connectivity index (χ0n) is 13.2. The van der Waals surface area contributed by atoms with Gasteiger partial charge in [0, 0.05) is 25.5 Å². The van der Waals surface area contributed by atoms with Crippen LogP contribution in [0, 0.1) is 5.92 Å². The summed E-state index contributed by atoms with van der Waals surface area (Å²) in [5.41, 5.74) is 0.995. The Balaban J connectivity index is 1.89. The monoisotopic (exact) mass is 323 g/mol. The van der Waals surface area contributed by atoms with E-state index >= 15 is 0 Å². The molecular weight excluding hydrogens is 302 g/mol. The van der Waals surface area contributed by atoms with Crippen molar-refractivity contribution in [2.45, 2.75) is 20.0 Å². The van der Waals surface area contributed by atoms with Crippen LogP contribution in [0.4, 0.5) is 0 Å². The molecule has 1 atom stereocenters. The summed E-state index contributed by atoms with van der Waals surface area (Å²) in [4.78, 5) is 4.05. The number of aromatic nitrogens is 2. The third kappa shape index (κ3) is 4.15. The smallest absolute Gasteiger partial charge is 0.179 e. The van der Waals surface area contributed by atoms with Gasteiger partial charge in [0.05, 0.1) is 25.6 Å². The molecule has 0 aliphatic rings. The average Bonchev–Trinajstić information content (AvgIpc) is 3.01. The topological polar surface area (TPSA) is 48.3 Å². The van der Waals surface area contributed by atoms with Crippen LogP contribution in [0.25, 0.3) is 0 Å². The Morgan fingerprint density at radius 2 is 2.14 bits per heavy atom. The van der Waals surface area contributed by atoms with Gasteiger partial charge in [0.25, 0.3) is 0 Å². The van der Waals surface area contributed by atoms with Crippen molar-refractivity contribution in [3.63, 3.8) is 0 Å². The van der Waals surface area contributed by atoms with Crippen LogP contribution in [0.3, 0.4) is 0 Å². The Kier molecular flexibility index (Phi) is 6.10. The van der Waals surface area contributed by atoms with Crippen LogP contribution in [0.2, 0.25) is 5.02 Å². The summed E-state index contributed by atoms with van der Waals surface area (Å²) in [6.45, 7) is 4.71. The first-order valence-corrected chi connectivity index (χ1v) is 7.59. The lowest BCUT2D eigenvalue weighted by molar-refractivity contribution is 0.354. The van der Waals surface area contributed by atoms with Gasteiger partial charge in [-0.1, -0.05) is 24.6 Å². The maximum atomic E-state index is 6.37. The second-order valence-corrected chi connectivity index (χ2v) is 5.65. The molecule has 1 unspecified atom stereocenters. The minimum Gasteiger partial charge on any atom is -0.493 e. The first-order chi connectivity index (χ1) is 10.7. The van der Waals surface area contributed by atoms with Gasteiger partial charge < -0.3 is 19.4 Å². The SMILES string of the molecule is COc1ccc(CNCC(C)Cn2ccnc2)c(Cl)c1OC. The van der Waals surface area contributed by atoms with Gasteiger partial charge in [0.15, 0.2) is 11.5 Å². The van der Waals surface area contributed by atoms with E-state index in [-0.39, 0.29) is 0 Å². The lowest BCUT2D eigenvalue weighted by Gasteiger charge is -2.15. The zero-order chi connectivity index (χ0) is 15.9. The van der Waals surface area contributed by atoms with Crippen molar-refractivity contribution in [2.75, 3.05) is 20.8 Å². The molecule has 0 aliphatic heterocycles. The number of methoxy groups -OCH3 is 2. The summed E-state index contributed by atoms with van der Waals surface area (Å²) in [6.07, 6.45) is 5.60. The molecule has 0 aliphatic carbocycles. The van der Waals surface area contributed by atoms with Crippen molar-refractivity contribution in [2.24, 2.45) is 5.92 Å². The second-order valence-electron chi connectivity index (χ2n) is 5.27. The molecule has 0 radical (unpaired) electrons. The first-order valence-electron chi connectivity index (χ1n) is 7.21. The van der Waals surface area contributed by atoms with E-state index in [9.17, 15) is 0 Å². The van der Waals surface area contributed by atoms with Crippen molar-refractivity contribution >= 4 is 11.6 Å². The summed E-state index contributed by atoms with van der Waals surface area (Å²) < 4.78 is 12.6. The highest BCUT2D eigenvalue weighted by Gasteiger charge is 2.13. The predicted octanol–water partition coefficient (Wildman–Crippen LogP) is 2.98. The number of hydrogen-bond donors (Lipinski definition) is 1. The molecule has 0 bridgehead atoms. The lowest BCUT2D eigenvalue weighted by Crippen LogP contribution is -2.23. The van der Waals surface area contributed by atoms with Gasteiger partial charge in [-0.15, -0.1) is 0 Å². The minimum atomic E-state index is 0.494.